The number of carboxylic acids is 5. The Hall–Kier alpha value is -4.46. The fraction of sp³-hybridized carbons (Fsp3) is 0.500. The molecule has 10 N–H and O–H groups in total. The summed E-state index contributed by atoms with van der Waals surface area (Å²) in [6, 6.07) is 0. The molecule has 4 atom stereocenters. The molecule has 0 aliphatic carbocycles. The van der Waals surface area contributed by atoms with Gasteiger partial charge in [-0.25, -0.2) is 15.0 Å². The van der Waals surface area contributed by atoms with Crippen LogP contribution in [0.5, 0.6) is 0 Å². The van der Waals surface area contributed by atoms with Crippen molar-refractivity contribution in [1.82, 2.24) is 19.5 Å². The lowest BCUT2D eigenvalue weighted by molar-refractivity contribution is -0.135. The molecule has 1 fully saturated rings. The number of hydrogen-bond donors (Lipinski definition) is 9. The van der Waals surface area contributed by atoms with Gasteiger partial charge in [-0.3, -0.25) is 28.5 Å². The van der Waals surface area contributed by atoms with Crippen LogP contribution in [0.15, 0.2) is 12.7 Å². The minimum Gasteiger partial charge on any atom is -0.481 e. The third-order valence-electron chi connectivity index (χ3n) is 3.18. The SMILES string of the molecule is CC(=O)O.CC(=O)O.CC(=O)O.CC(=O)O.CC(=O)O.Nc1ncnc2c1ncn2[C@@H]1O[C@H](CO)[C@@H](O)[C@H]1O. The topological polar surface area (TPSA) is 326 Å². The number of carbonyl (C=O) groups is 5. The number of rotatable bonds is 2. The molecule has 0 saturated carbocycles. The number of imidazole rings is 1. The third kappa shape index (κ3) is 20.3. The van der Waals surface area contributed by atoms with E-state index in [-0.39, 0.29) is 5.82 Å². The Bertz CT molecular complexity index is 971. The summed E-state index contributed by atoms with van der Waals surface area (Å²) >= 11 is 0. The molecule has 1 aliphatic rings. The summed E-state index contributed by atoms with van der Waals surface area (Å²) in [7, 11) is 0. The van der Waals surface area contributed by atoms with Crippen LogP contribution in [-0.4, -0.2) is 115 Å². The number of nitrogen functional groups attached to an aromatic ring is 1. The van der Waals surface area contributed by atoms with E-state index >= 15 is 0 Å². The van der Waals surface area contributed by atoms with Crippen LogP contribution in [0.4, 0.5) is 5.82 Å². The summed E-state index contributed by atoms with van der Waals surface area (Å²) in [6.45, 7) is 5.03. The molecular weight excluding hydrogens is 534 g/mol. The number of ether oxygens (including phenoxy) is 1. The second-order valence-electron chi connectivity index (χ2n) is 6.91. The first-order chi connectivity index (χ1) is 17.8. The first-order valence-electron chi connectivity index (χ1n) is 10.3. The lowest BCUT2D eigenvalue weighted by Gasteiger charge is -2.16. The van der Waals surface area contributed by atoms with E-state index in [1.54, 1.807) is 0 Å². The van der Waals surface area contributed by atoms with E-state index in [4.69, 9.17) is 65.1 Å². The third-order valence-corrected chi connectivity index (χ3v) is 3.18. The Morgan fingerprint density at radius 3 is 1.51 bits per heavy atom. The highest BCUT2D eigenvalue weighted by Gasteiger charge is 2.43. The van der Waals surface area contributed by atoms with Crippen LogP contribution in [0.1, 0.15) is 40.8 Å². The van der Waals surface area contributed by atoms with E-state index in [1.807, 2.05) is 0 Å². The number of anilines is 1. The van der Waals surface area contributed by atoms with Crippen LogP contribution in [0, 0.1) is 0 Å². The van der Waals surface area contributed by atoms with Gasteiger partial charge in [-0.15, -0.1) is 0 Å². The molecule has 0 aromatic carbocycles. The summed E-state index contributed by atoms with van der Waals surface area (Å²) < 4.78 is 6.85. The number of aliphatic hydroxyl groups excluding tert-OH is 3. The largest absolute Gasteiger partial charge is 0.481 e. The predicted molar refractivity (Wildman–Crippen MR) is 129 cm³/mol. The molecule has 3 rings (SSSR count). The highest BCUT2D eigenvalue weighted by molar-refractivity contribution is 5.81. The predicted octanol–water partition coefficient (Wildman–Crippen LogP) is -1.53. The van der Waals surface area contributed by atoms with Crippen molar-refractivity contribution >= 4 is 46.8 Å². The van der Waals surface area contributed by atoms with E-state index < -0.39 is 61.0 Å². The Labute approximate surface area is 220 Å². The number of nitrogens with two attached hydrogens (primary N) is 1. The normalized spacial score (nSPS) is 18.4. The second kappa shape index (κ2) is 20.6. The molecule has 0 spiro atoms. The molecule has 3 heterocycles. The quantitative estimate of drug-likeness (QED) is 0.199. The van der Waals surface area contributed by atoms with Gasteiger partial charge in [0.2, 0.25) is 0 Å². The zero-order valence-electron chi connectivity index (χ0n) is 21.6. The van der Waals surface area contributed by atoms with Gasteiger partial charge in [0.15, 0.2) is 17.7 Å². The average molecular weight is 568 g/mol. The van der Waals surface area contributed by atoms with Crippen molar-refractivity contribution in [2.45, 2.75) is 59.2 Å². The number of aliphatic carboxylic acids is 5. The number of hydrogen-bond acceptors (Lipinski definition) is 13. The molecule has 0 radical (unpaired) electrons. The molecule has 2 aromatic heterocycles. The number of nitrogens with zero attached hydrogens (tertiary/aromatic N) is 4. The first-order valence-corrected chi connectivity index (χ1v) is 10.3. The maximum Gasteiger partial charge on any atom is 0.300 e. The molecule has 2 aromatic rings. The molecule has 0 bridgehead atoms. The van der Waals surface area contributed by atoms with E-state index in [2.05, 4.69) is 15.0 Å². The van der Waals surface area contributed by atoms with E-state index in [9.17, 15) is 10.2 Å². The number of carboxylic acid groups (broad SMARTS) is 5. The van der Waals surface area contributed by atoms with Gasteiger partial charge >= 0.3 is 0 Å². The standard InChI is InChI=1S/C10H13N5O4.5C2H4O2/c11-8-5-9(13-2-12-8)15(3-14-5)10-7(18)6(17)4(1-16)19-10;5*1-2(3)4/h2-4,6-7,10,16-18H,1H2,(H2,11,12,13);5*1H3,(H,3,4)/t4-,6-,7-,10-;;;;;/m1...../s1. The van der Waals surface area contributed by atoms with Crippen molar-refractivity contribution in [3.05, 3.63) is 12.7 Å². The van der Waals surface area contributed by atoms with E-state index in [0.717, 1.165) is 34.6 Å². The maximum absolute atomic E-state index is 9.95. The Morgan fingerprint density at radius 1 is 0.795 bits per heavy atom. The second-order valence-corrected chi connectivity index (χ2v) is 6.91. The van der Waals surface area contributed by atoms with Crippen molar-refractivity contribution in [3.63, 3.8) is 0 Å². The fourth-order valence-electron chi connectivity index (χ4n) is 2.17. The molecular formula is C20H33N5O14. The number of aromatic nitrogens is 4. The van der Waals surface area contributed by atoms with Crippen LogP contribution in [-0.2, 0) is 28.7 Å². The van der Waals surface area contributed by atoms with Gasteiger partial charge in [-0.05, 0) is 0 Å². The van der Waals surface area contributed by atoms with Crippen LogP contribution >= 0.6 is 0 Å². The maximum atomic E-state index is 9.95. The molecule has 1 saturated heterocycles. The van der Waals surface area contributed by atoms with Crippen molar-refractivity contribution < 1.29 is 69.6 Å². The zero-order valence-corrected chi connectivity index (χ0v) is 21.6. The van der Waals surface area contributed by atoms with Gasteiger partial charge in [0.05, 0.1) is 12.9 Å². The van der Waals surface area contributed by atoms with Crippen molar-refractivity contribution in [3.8, 4) is 0 Å². The van der Waals surface area contributed by atoms with Crippen LogP contribution in [0.3, 0.4) is 0 Å². The van der Waals surface area contributed by atoms with Gasteiger partial charge in [0, 0.05) is 34.6 Å². The van der Waals surface area contributed by atoms with Crippen molar-refractivity contribution in [2.75, 3.05) is 12.3 Å². The fourth-order valence-corrected chi connectivity index (χ4v) is 2.17. The summed E-state index contributed by atoms with van der Waals surface area (Å²) in [5.41, 5.74) is 6.44. The number of fused-ring (bicyclic) bond motifs is 1. The molecule has 0 amide bonds. The van der Waals surface area contributed by atoms with Crippen LogP contribution < -0.4 is 5.73 Å². The zero-order chi connectivity index (χ0) is 31.5. The number of aliphatic hydroxyl groups is 3. The average Bonchev–Trinajstić information content (AvgIpc) is 3.28. The van der Waals surface area contributed by atoms with Crippen LogP contribution in [0.25, 0.3) is 11.2 Å². The monoisotopic (exact) mass is 567 g/mol. The summed E-state index contributed by atoms with van der Waals surface area (Å²) in [6.07, 6.45) is -1.42. The van der Waals surface area contributed by atoms with E-state index in [0.29, 0.717) is 11.2 Å². The lowest BCUT2D eigenvalue weighted by atomic mass is 10.1. The van der Waals surface area contributed by atoms with Crippen LogP contribution in [0.2, 0.25) is 0 Å². The molecule has 0 unspecified atom stereocenters. The molecule has 19 nitrogen and oxygen atoms in total. The highest BCUT2D eigenvalue weighted by atomic mass is 16.6. The van der Waals surface area contributed by atoms with Crippen molar-refractivity contribution in [1.29, 1.82) is 0 Å². The Balaban J connectivity index is -0.000000532. The summed E-state index contributed by atoms with van der Waals surface area (Å²) in [5.74, 6) is -3.95. The summed E-state index contributed by atoms with van der Waals surface area (Å²) in [5, 5.41) is 65.8. The van der Waals surface area contributed by atoms with E-state index in [1.165, 1.54) is 17.2 Å². The van der Waals surface area contributed by atoms with Crippen molar-refractivity contribution in [2.24, 2.45) is 0 Å². The molecule has 19 heteroatoms. The molecule has 39 heavy (non-hydrogen) atoms. The Kier molecular flexibility index (Phi) is 20.6. The summed E-state index contributed by atoms with van der Waals surface area (Å²) in [4.78, 5) is 56.9. The molecule has 222 valence electrons. The Morgan fingerprint density at radius 2 is 1.18 bits per heavy atom. The minimum absolute atomic E-state index is 0.218. The van der Waals surface area contributed by atoms with Gasteiger partial charge in [-0.2, -0.15) is 0 Å². The first kappa shape index (κ1) is 39.1. The highest BCUT2D eigenvalue weighted by Crippen LogP contribution is 2.31. The van der Waals surface area contributed by atoms with Gasteiger partial charge in [-0.1, -0.05) is 0 Å². The smallest absolute Gasteiger partial charge is 0.300 e. The van der Waals surface area contributed by atoms with Gasteiger partial charge in [0.1, 0.15) is 30.2 Å². The lowest BCUT2D eigenvalue weighted by Crippen LogP contribution is -2.33. The molecule has 1 aliphatic heterocycles. The minimum atomic E-state index is -1.19. The van der Waals surface area contributed by atoms with Gasteiger partial charge in [0.25, 0.3) is 29.8 Å². The van der Waals surface area contributed by atoms with Gasteiger partial charge < -0.3 is 51.3 Å².